The Kier molecular flexibility index (Phi) is 5.90. The quantitative estimate of drug-likeness (QED) is 0.869. The Balaban J connectivity index is 1.44. The maximum Gasteiger partial charge on any atom is 0.224 e. The molecule has 1 fully saturated rings. The van der Waals surface area contributed by atoms with Gasteiger partial charge in [-0.1, -0.05) is 32.0 Å². The van der Waals surface area contributed by atoms with Crippen LogP contribution in [0.5, 0.6) is 0 Å². The topological polar surface area (TPSA) is 41.6 Å². The Labute approximate surface area is 145 Å². The minimum atomic E-state index is 0.0949. The number of carbonyl (C=O) groups is 1. The van der Waals surface area contributed by atoms with Gasteiger partial charge in [0.25, 0.3) is 0 Å². The van der Waals surface area contributed by atoms with E-state index in [-0.39, 0.29) is 12.0 Å². The largest absolute Gasteiger partial charge is 0.374 e. The second-order valence-electron chi connectivity index (χ2n) is 7.58. The van der Waals surface area contributed by atoms with Gasteiger partial charge in [0.15, 0.2) is 0 Å². The number of rotatable bonds is 6. The predicted molar refractivity (Wildman–Crippen MR) is 96.2 cm³/mol. The van der Waals surface area contributed by atoms with E-state index >= 15 is 0 Å². The number of hydrogen-bond acceptors (Lipinski definition) is 3. The van der Waals surface area contributed by atoms with Crippen molar-refractivity contribution in [1.29, 1.82) is 0 Å². The van der Waals surface area contributed by atoms with E-state index in [2.05, 4.69) is 42.3 Å². The molecule has 4 heteroatoms. The maximum absolute atomic E-state index is 12.2. The molecule has 1 aliphatic heterocycles. The third-order valence-corrected chi connectivity index (χ3v) is 4.90. The lowest BCUT2D eigenvalue weighted by atomic mass is 10.0. The molecule has 0 radical (unpaired) electrons. The Bertz CT molecular complexity index is 571. The number of carbonyl (C=O) groups excluding carboxylic acids is 1. The molecule has 1 aromatic rings. The molecular formula is C20H30N2O2. The van der Waals surface area contributed by atoms with E-state index in [4.69, 9.17) is 4.74 Å². The number of fused-ring (bicyclic) bond motifs is 1. The summed E-state index contributed by atoms with van der Waals surface area (Å²) in [4.78, 5) is 14.7. The fraction of sp³-hybridized carbons (Fsp3) is 0.650. The summed E-state index contributed by atoms with van der Waals surface area (Å²) >= 11 is 0. The number of amides is 1. The van der Waals surface area contributed by atoms with Gasteiger partial charge in [-0.15, -0.1) is 0 Å². The Morgan fingerprint density at radius 2 is 2.17 bits per heavy atom. The first-order valence-electron chi connectivity index (χ1n) is 9.31. The predicted octanol–water partition coefficient (Wildman–Crippen LogP) is 2.19. The van der Waals surface area contributed by atoms with Gasteiger partial charge in [0.05, 0.1) is 19.1 Å². The van der Waals surface area contributed by atoms with Gasteiger partial charge in [-0.3, -0.25) is 9.69 Å². The van der Waals surface area contributed by atoms with E-state index in [1.807, 2.05) is 0 Å². The lowest BCUT2D eigenvalue weighted by Crippen LogP contribution is -2.48. The van der Waals surface area contributed by atoms with Gasteiger partial charge < -0.3 is 10.1 Å². The molecule has 132 valence electrons. The summed E-state index contributed by atoms with van der Waals surface area (Å²) < 4.78 is 5.79. The summed E-state index contributed by atoms with van der Waals surface area (Å²) in [7, 11) is 0. The molecule has 1 aliphatic carbocycles. The zero-order valence-corrected chi connectivity index (χ0v) is 15.0. The molecule has 0 unspecified atom stereocenters. The molecule has 1 amide bonds. The highest BCUT2D eigenvalue weighted by atomic mass is 16.5. The van der Waals surface area contributed by atoms with Crippen LogP contribution in [0.4, 0.5) is 0 Å². The lowest BCUT2D eigenvalue weighted by molar-refractivity contribution is -0.121. The molecule has 2 aliphatic rings. The fourth-order valence-electron chi connectivity index (χ4n) is 3.80. The van der Waals surface area contributed by atoms with Gasteiger partial charge >= 0.3 is 0 Å². The van der Waals surface area contributed by atoms with Crippen molar-refractivity contribution in [3.05, 3.63) is 34.9 Å². The first-order valence-corrected chi connectivity index (χ1v) is 9.31. The molecular weight excluding hydrogens is 300 g/mol. The zero-order chi connectivity index (χ0) is 16.9. The smallest absolute Gasteiger partial charge is 0.224 e. The van der Waals surface area contributed by atoms with Crippen LogP contribution in [0.2, 0.25) is 0 Å². The lowest BCUT2D eigenvalue weighted by Gasteiger charge is -2.33. The van der Waals surface area contributed by atoms with Crippen LogP contribution in [-0.4, -0.2) is 49.7 Å². The van der Waals surface area contributed by atoms with E-state index in [1.165, 1.54) is 24.0 Å². The molecule has 24 heavy (non-hydrogen) atoms. The standard InChI is InChI=1S/C20H30N2O2/c1-15(2)13-22-8-9-24-19(14-22)12-21-20(23)11-16-6-7-17-4-3-5-18(17)10-16/h6-7,10,15,19H,3-5,8-9,11-14H2,1-2H3,(H,21,23)/t19-/m0/s1. The maximum atomic E-state index is 12.2. The Morgan fingerprint density at radius 1 is 1.33 bits per heavy atom. The van der Waals surface area contributed by atoms with Gasteiger partial charge in [0, 0.05) is 26.2 Å². The third-order valence-electron chi connectivity index (χ3n) is 4.90. The van der Waals surface area contributed by atoms with Crippen LogP contribution >= 0.6 is 0 Å². The molecule has 1 saturated heterocycles. The van der Waals surface area contributed by atoms with Crippen molar-refractivity contribution in [1.82, 2.24) is 10.2 Å². The van der Waals surface area contributed by atoms with Crippen molar-refractivity contribution in [2.75, 3.05) is 32.8 Å². The number of benzene rings is 1. The number of nitrogens with one attached hydrogen (secondary N) is 1. The second kappa shape index (κ2) is 8.13. The van der Waals surface area contributed by atoms with Crippen LogP contribution < -0.4 is 5.32 Å². The van der Waals surface area contributed by atoms with E-state index in [0.29, 0.717) is 18.9 Å². The van der Waals surface area contributed by atoms with Gasteiger partial charge in [-0.25, -0.2) is 0 Å². The summed E-state index contributed by atoms with van der Waals surface area (Å²) in [5, 5.41) is 3.05. The molecule has 4 nitrogen and oxygen atoms in total. The third kappa shape index (κ3) is 4.81. The van der Waals surface area contributed by atoms with Gasteiger partial charge in [-0.2, -0.15) is 0 Å². The second-order valence-corrected chi connectivity index (χ2v) is 7.58. The number of ether oxygens (including phenoxy) is 1. The van der Waals surface area contributed by atoms with E-state index in [1.54, 1.807) is 0 Å². The van der Waals surface area contributed by atoms with Gasteiger partial charge in [-0.05, 0) is 41.9 Å². The van der Waals surface area contributed by atoms with Gasteiger partial charge in [0.2, 0.25) is 5.91 Å². The number of hydrogen-bond donors (Lipinski definition) is 1. The summed E-state index contributed by atoms with van der Waals surface area (Å²) in [6, 6.07) is 6.51. The normalized spacial score (nSPS) is 21.0. The molecule has 0 bridgehead atoms. The van der Waals surface area contributed by atoms with Crippen molar-refractivity contribution in [2.45, 2.75) is 45.6 Å². The van der Waals surface area contributed by atoms with Crippen LogP contribution in [0.1, 0.15) is 37.0 Å². The SMILES string of the molecule is CC(C)CN1CCO[C@@H](CNC(=O)Cc2ccc3c(c2)CCC3)C1. The first-order chi connectivity index (χ1) is 11.6. The average Bonchev–Trinajstić information content (AvgIpc) is 3.00. The van der Waals surface area contributed by atoms with E-state index in [9.17, 15) is 4.79 Å². The Hall–Kier alpha value is -1.39. The summed E-state index contributed by atoms with van der Waals surface area (Å²) in [6.07, 6.45) is 4.17. The van der Waals surface area contributed by atoms with E-state index < -0.39 is 0 Å². The monoisotopic (exact) mass is 330 g/mol. The minimum Gasteiger partial charge on any atom is -0.374 e. The van der Waals surface area contributed by atoms with Crippen molar-refractivity contribution in [2.24, 2.45) is 5.92 Å². The van der Waals surface area contributed by atoms with Crippen LogP contribution in [0.15, 0.2) is 18.2 Å². The molecule has 0 aromatic heterocycles. The highest BCUT2D eigenvalue weighted by Gasteiger charge is 2.21. The van der Waals surface area contributed by atoms with Crippen molar-refractivity contribution < 1.29 is 9.53 Å². The van der Waals surface area contributed by atoms with Crippen molar-refractivity contribution in [3.63, 3.8) is 0 Å². The molecule has 0 spiro atoms. The van der Waals surface area contributed by atoms with Gasteiger partial charge in [0.1, 0.15) is 0 Å². The molecule has 0 saturated carbocycles. The molecule has 1 N–H and O–H groups in total. The van der Waals surface area contributed by atoms with Crippen LogP contribution in [-0.2, 0) is 28.8 Å². The zero-order valence-electron chi connectivity index (χ0n) is 15.0. The molecule has 3 rings (SSSR count). The highest BCUT2D eigenvalue weighted by Crippen LogP contribution is 2.22. The fourth-order valence-corrected chi connectivity index (χ4v) is 3.80. The molecule has 1 heterocycles. The molecule has 1 atom stereocenters. The average molecular weight is 330 g/mol. The highest BCUT2D eigenvalue weighted by molar-refractivity contribution is 5.78. The van der Waals surface area contributed by atoms with Crippen LogP contribution in [0.3, 0.4) is 0 Å². The molecule has 1 aromatic carbocycles. The number of morpholine rings is 1. The Morgan fingerprint density at radius 3 is 3.00 bits per heavy atom. The van der Waals surface area contributed by atoms with Crippen molar-refractivity contribution >= 4 is 5.91 Å². The number of nitrogens with zero attached hydrogens (tertiary/aromatic N) is 1. The summed E-state index contributed by atoms with van der Waals surface area (Å²) in [6.45, 7) is 8.86. The first kappa shape index (κ1) is 17.4. The van der Waals surface area contributed by atoms with Crippen molar-refractivity contribution in [3.8, 4) is 0 Å². The van der Waals surface area contributed by atoms with Crippen LogP contribution in [0.25, 0.3) is 0 Å². The van der Waals surface area contributed by atoms with Crippen LogP contribution in [0, 0.1) is 5.92 Å². The minimum absolute atomic E-state index is 0.0949. The summed E-state index contributed by atoms with van der Waals surface area (Å²) in [5.74, 6) is 0.760. The number of aryl methyl sites for hydroxylation is 2. The van der Waals surface area contributed by atoms with E-state index in [0.717, 1.165) is 38.2 Å². The summed E-state index contributed by atoms with van der Waals surface area (Å²) in [5.41, 5.74) is 4.01.